The van der Waals surface area contributed by atoms with Crippen LogP contribution in [0.1, 0.15) is 31.4 Å². The Bertz CT molecular complexity index is 1400. The molecule has 1 aliphatic heterocycles. The monoisotopic (exact) mass is 561 g/mol. The highest BCUT2D eigenvalue weighted by atomic mass is 19.4. The first kappa shape index (κ1) is 29.3. The summed E-state index contributed by atoms with van der Waals surface area (Å²) in [6, 6.07) is 10.9. The Balaban J connectivity index is 1.76. The molecule has 1 aliphatic rings. The van der Waals surface area contributed by atoms with E-state index in [2.05, 4.69) is 9.72 Å². The average molecular weight is 562 g/mol. The van der Waals surface area contributed by atoms with Crippen LogP contribution >= 0.6 is 0 Å². The molecule has 0 bridgehead atoms. The van der Waals surface area contributed by atoms with Crippen molar-refractivity contribution < 1.29 is 37.3 Å². The number of β-amino-alcohol motifs (C(OH)–C–C–N with tert-alkyl or cyclic N) is 1. The molecule has 3 aromatic rings. The molecule has 4 rings (SSSR count). The van der Waals surface area contributed by atoms with Gasteiger partial charge in [0.1, 0.15) is 17.4 Å². The molecule has 11 heteroatoms. The highest BCUT2D eigenvalue weighted by Gasteiger charge is 2.37. The molecule has 40 heavy (non-hydrogen) atoms. The van der Waals surface area contributed by atoms with Crippen LogP contribution in [-0.2, 0) is 10.2 Å². The molecule has 2 heterocycles. The first-order valence-electron chi connectivity index (χ1n) is 12.7. The van der Waals surface area contributed by atoms with Crippen LogP contribution in [-0.4, -0.2) is 59.8 Å². The number of aryl methyl sites for hydroxylation is 1. The van der Waals surface area contributed by atoms with Crippen molar-refractivity contribution in [3.63, 3.8) is 0 Å². The first-order chi connectivity index (χ1) is 18.7. The summed E-state index contributed by atoms with van der Waals surface area (Å²) < 4.78 is 56.4. The van der Waals surface area contributed by atoms with Gasteiger partial charge in [0.2, 0.25) is 5.91 Å². The van der Waals surface area contributed by atoms with E-state index in [1.807, 2.05) is 0 Å². The molecular formula is C29H31F4N3O4. The van der Waals surface area contributed by atoms with E-state index in [0.717, 1.165) is 6.07 Å². The third kappa shape index (κ3) is 6.05. The lowest BCUT2D eigenvalue weighted by molar-refractivity contribution is -0.274. The minimum absolute atomic E-state index is 0.185. The zero-order valence-electron chi connectivity index (χ0n) is 22.5. The zero-order valence-corrected chi connectivity index (χ0v) is 22.5. The van der Waals surface area contributed by atoms with Gasteiger partial charge in [-0.15, -0.1) is 13.2 Å². The van der Waals surface area contributed by atoms with E-state index in [9.17, 15) is 32.6 Å². The lowest BCUT2D eigenvalue weighted by atomic mass is 9.83. The quantitative estimate of drug-likeness (QED) is 0.397. The second kappa shape index (κ2) is 11.1. The maximum Gasteiger partial charge on any atom is 0.573 e. The van der Waals surface area contributed by atoms with Gasteiger partial charge >= 0.3 is 6.36 Å². The summed E-state index contributed by atoms with van der Waals surface area (Å²) in [5, 5.41) is 20.0. The van der Waals surface area contributed by atoms with Crippen molar-refractivity contribution in [2.75, 3.05) is 30.0 Å². The molecule has 0 radical (unpaired) electrons. The highest BCUT2D eigenvalue weighted by Crippen LogP contribution is 2.39. The average Bonchev–Trinajstić information content (AvgIpc) is 3.27. The minimum Gasteiger partial charge on any atom is -0.406 e. The van der Waals surface area contributed by atoms with Crippen molar-refractivity contribution in [1.82, 2.24) is 4.98 Å². The Labute approximate surface area is 229 Å². The van der Waals surface area contributed by atoms with E-state index in [1.165, 1.54) is 42.4 Å². The molecule has 1 fully saturated rings. The first-order valence-corrected chi connectivity index (χ1v) is 12.7. The number of likely N-dealkylation sites (N-methyl/N-ethyl adjacent to an activating group) is 1. The number of carbonyl (C=O) groups excluding carboxylic acids is 1. The van der Waals surface area contributed by atoms with Gasteiger partial charge in [0.25, 0.3) is 0 Å². The summed E-state index contributed by atoms with van der Waals surface area (Å²) in [7, 11) is 1.54. The molecule has 1 amide bonds. The van der Waals surface area contributed by atoms with E-state index in [-0.39, 0.29) is 19.2 Å². The lowest BCUT2D eigenvalue weighted by Gasteiger charge is -2.32. The number of alkyl halides is 3. The smallest absolute Gasteiger partial charge is 0.406 e. The van der Waals surface area contributed by atoms with E-state index >= 15 is 0 Å². The predicted octanol–water partition coefficient (Wildman–Crippen LogP) is 4.97. The number of pyridine rings is 1. The normalized spacial score (nSPS) is 17.7. The third-order valence-electron chi connectivity index (χ3n) is 7.23. The number of carbonyl (C=O) groups is 1. The SMILES string of the molecule is Cc1cc(F)ccc1-c1cc(N2C[C@H](O)C[C@H]2CO)ncc1N(C)C(=O)C(C)(C)c1cccc(OC(F)(F)F)c1. The van der Waals surface area contributed by atoms with Crippen molar-refractivity contribution in [3.8, 4) is 16.9 Å². The Hall–Kier alpha value is -3.70. The number of hydrogen-bond donors (Lipinski definition) is 2. The number of aromatic nitrogens is 1. The molecule has 0 saturated carbocycles. The number of anilines is 2. The Morgan fingerprint density at radius 1 is 1.15 bits per heavy atom. The van der Waals surface area contributed by atoms with Gasteiger partial charge in [0.15, 0.2) is 0 Å². The molecule has 2 atom stereocenters. The molecular weight excluding hydrogens is 530 g/mol. The Morgan fingerprint density at radius 2 is 1.88 bits per heavy atom. The maximum absolute atomic E-state index is 14.0. The van der Waals surface area contributed by atoms with Gasteiger partial charge in [-0.05, 0) is 74.2 Å². The molecule has 2 N–H and O–H groups in total. The van der Waals surface area contributed by atoms with Crippen molar-refractivity contribution in [1.29, 1.82) is 0 Å². The molecule has 1 aromatic heterocycles. The summed E-state index contributed by atoms with van der Waals surface area (Å²) in [5.41, 5.74) is 1.23. The lowest BCUT2D eigenvalue weighted by Crippen LogP contribution is -2.42. The van der Waals surface area contributed by atoms with Crippen molar-refractivity contribution >= 4 is 17.4 Å². The fraction of sp³-hybridized carbons (Fsp3) is 0.379. The number of nitrogens with zero attached hydrogens (tertiary/aromatic N) is 3. The van der Waals surface area contributed by atoms with Gasteiger partial charge < -0.3 is 24.7 Å². The fourth-order valence-corrected chi connectivity index (χ4v) is 5.09. The van der Waals surface area contributed by atoms with Crippen LogP contribution in [0.5, 0.6) is 5.75 Å². The summed E-state index contributed by atoms with van der Waals surface area (Å²) in [4.78, 5) is 21.6. The number of benzene rings is 2. The van der Waals surface area contributed by atoms with Gasteiger partial charge in [-0.1, -0.05) is 18.2 Å². The molecule has 0 unspecified atom stereocenters. The number of halogens is 4. The van der Waals surface area contributed by atoms with Gasteiger partial charge in [-0.3, -0.25) is 4.79 Å². The Kier molecular flexibility index (Phi) is 8.09. The number of hydrogen-bond acceptors (Lipinski definition) is 6. The van der Waals surface area contributed by atoms with E-state index < -0.39 is 35.4 Å². The largest absolute Gasteiger partial charge is 0.573 e. The van der Waals surface area contributed by atoms with E-state index in [4.69, 9.17) is 0 Å². The number of aliphatic hydroxyl groups excluding tert-OH is 2. The molecule has 0 aliphatic carbocycles. The molecule has 7 nitrogen and oxygen atoms in total. The van der Waals surface area contributed by atoms with Crippen LogP contribution in [0.15, 0.2) is 54.7 Å². The van der Waals surface area contributed by atoms with Gasteiger partial charge in [0.05, 0.1) is 36.1 Å². The van der Waals surface area contributed by atoms with Crippen molar-refractivity contribution in [3.05, 3.63) is 71.7 Å². The summed E-state index contributed by atoms with van der Waals surface area (Å²) in [6.45, 7) is 5.00. The van der Waals surface area contributed by atoms with Crippen molar-refractivity contribution in [2.45, 2.75) is 51.1 Å². The fourth-order valence-electron chi connectivity index (χ4n) is 5.09. The van der Waals surface area contributed by atoms with Crippen LogP contribution in [0.3, 0.4) is 0 Å². The molecule has 1 saturated heterocycles. The standard InChI is InChI=1S/C29H31F4N3O4/c1-17-10-19(30)8-9-23(17)24-13-26(36-15-21(38)12-20(36)16-37)34-14-25(24)35(4)27(39)28(2,3)18-6-5-7-22(11-18)40-29(31,32)33/h5-11,13-14,20-21,37-38H,12,15-16H2,1-4H3/t20-,21+/m0/s1. The van der Waals surface area contributed by atoms with E-state index in [1.54, 1.807) is 43.9 Å². The second-order valence-electron chi connectivity index (χ2n) is 10.5. The number of amides is 1. The maximum atomic E-state index is 14.0. The van der Waals surface area contributed by atoms with E-state index in [0.29, 0.717) is 40.2 Å². The zero-order chi connectivity index (χ0) is 29.4. The summed E-state index contributed by atoms with van der Waals surface area (Å²) in [6.07, 6.45) is -3.66. The molecule has 214 valence electrons. The highest BCUT2D eigenvalue weighted by molar-refractivity contribution is 6.03. The van der Waals surface area contributed by atoms with Crippen LogP contribution in [0.2, 0.25) is 0 Å². The van der Waals surface area contributed by atoms with Crippen LogP contribution in [0.25, 0.3) is 11.1 Å². The molecule has 2 aromatic carbocycles. The van der Waals surface area contributed by atoms with Crippen LogP contribution in [0.4, 0.5) is 29.1 Å². The van der Waals surface area contributed by atoms with Gasteiger partial charge in [-0.2, -0.15) is 0 Å². The third-order valence-corrected chi connectivity index (χ3v) is 7.23. The topological polar surface area (TPSA) is 86.1 Å². The van der Waals surface area contributed by atoms with Crippen LogP contribution < -0.4 is 14.5 Å². The number of rotatable bonds is 7. The summed E-state index contributed by atoms with van der Waals surface area (Å²) >= 11 is 0. The molecule has 0 spiro atoms. The number of ether oxygens (including phenoxy) is 1. The summed E-state index contributed by atoms with van der Waals surface area (Å²) in [5.74, 6) is -0.827. The van der Waals surface area contributed by atoms with Gasteiger partial charge in [-0.25, -0.2) is 9.37 Å². The minimum atomic E-state index is -4.88. The number of aliphatic hydroxyl groups is 2. The second-order valence-corrected chi connectivity index (χ2v) is 10.5. The predicted molar refractivity (Wildman–Crippen MR) is 143 cm³/mol. The van der Waals surface area contributed by atoms with Gasteiger partial charge in [0, 0.05) is 19.2 Å². The Morgan fingerprint density at radius 3 is 2.52 bits per heavy atom. The van der Waals surface area contributed by atoms with Crippen molar-refractivity contribution in [2.24, 2.45) is 0 Å². The van der Waals surface area contributed by atoms with Crippen LogP contribution in [0, 0.1) is 12.7 Å².